The van der Waals surface area contributed by atoms with Crippen LogP contribution in [-0.2, 0) is 9.59 Å². The van der Waals surface area contributed by atoms with Crippen LogP contribution in [0.4, 0.5) is 5.69 Å². The van der Waals surface area contributed by atoms with Crippen molar-refractivity contribution in [1.29, 1.82) is 0 Å². The average molecular weight is 464 g/mol. The standard InChI is InChI=1S/C20H22BrN3O5/c1-4-29-15-7-5-14(6-8-15)23-19(25)11-20(26)24-22-12-13-9-16(21)18(28-3)10-17(13)27-2/h5-10,12H,4,11H2,1-3H3,(H,23,25)(H,24,26). The van der Waals surface area contributed by atoms with Crippen molar-refractivity contribution in [1.82, 2.24) is 5.43 Å². The number of anilines is 1. The molecule has 0 aliphatic carbocycles. The van der Waals surface area contributed by atoms with E-state index in [2.05, 4.69) is 31.8 Å². The molecule has 2 amide bonds. The van der Waals surface area contributed by atoms with Crippen LogP contribution in [0.2, 0.25) is 0 Å². The molecule has 0 heterocycles. The molecule has 2 aromatic rings. The second-order valence-electron chi connectivity index (χ2n) is 5.70. The van der Waals surface area contributed by atoms with Crippen molar-refractivity contribution in [2.24, 2.45) is 5.10 Å². The van der Waals surface area contributed by atoms with Gasteiger partial charge in [0.2, 0.25) is 11.8 Å². The van der Waals surface area contributed by atoms with E-state index in [9.17, 15) is 9.59 Å². The van der Waals surface area contributed by atoms with Gasteiger partial charge in [-0.2, -0.15) is 5.10 Å². The maximum absolute atomic E-state index is 12.0. The number of carbonyl (C=O) groups is 2. The smallest absolute Gasteiger partial charge is 0.249 e. The van der Waals surface area contributed by atoms with Gasteiger partial charge in [0.1, 0.15) is 23.7 Å². The van der Waals surface area contributed by atoms with Gasteiger partial charge in [0.15, 0.2) is 0 Å². The van der Waals surface area contributed by atoms with Crippen LogP contribution in [0.5, 0.6) is 17.2 Å². The Morgan fingerprint density at radius 1 is 1.07 bits per heavy atom. The third-order valence-corrected chi connectivity index (χ3v) is 4.29. The average Bonchev–Trinajstić information content (AvgIpc) is 2.69. The SMILES string of the molecule is CCOc1ccc(NC(=O)CC(=O)NN=Cc2cc(Br)c(OC)cc2OC)cc1. The van der Waals surface area contributed by atoms with E-state index in [-0.39, 0.29) is 6.42 Å². The summed E-state index contributed by atoms with van der Waals surface area (Å²) in [6.07, 6.45) is 1.05. The molecular formula is C20H22BrN3O5. The van der Waals surface area contributed by atoms with Crippen molar-refractivity contribution >= 4 is 39.6 Å². The highest BCUT2D eigenvalue weighted by molar-refractivity contribution is 9.10. The number of hydrogen-bond acceptors (Lipinski definition) is 6. The summed E-state index contributed by atoms with van der Waals surface area (Å²) in [6, 6.07) is 10.3. The first-order chi connectivity index (χ1) is 14.0. The van der Waals surface area contributed by atoms with E-state index in [4.69, 9.17) is 14.2 Å². The summed E-state index contributed by atoms with van der Waals surface area (Å²) in [5, 5.41) is 6.52. The molecule has 0 radical (unpaired) electrons. The molecule has 0 unspecified atom stereocenters. The van der Waals surface area contributed by atoms with Gasteiger partial charge in [-0.15, -0.1) is 0 Å². The summed E-state index contributed by atoms with van der Waals surface area (Å²) in [6.45, 7) is 2.45. The first-order valence-electron chi connectivity index (χ1n) is 8.73. The number of hydrogen-bond donors (Lipinski definition) is 2. The number of hydrazone groups is 1. The molecule has 0 aliphatic rings. The van der Waals surface area contributed by atoms with Crippen molar-refractivity contribution < 1.29 is 23.8 Å². The van der Waals surface area contributed by atoms with E-state index in [1.165, 1.54) is 13.3 Å². The van der Waals surface area contributed by atoms with Crippen LogP contribution >= 0.6 is 15.9 Å². The number of benzene rings is 2. The van der Waals surface area contributed by atoms with E-state index < -0.39 is 11.8 Å². The first kappa shape index (κ1) is 22.2. The van der Waals surface area contributed by atoms with Gasteiger partial charge in [0.25, 0.3) is 0 Å². The highest BCUT2D eigenvalue weighted by Gasteiger charge is 2.10. The lowest BCUT2D eigenvalue weighted by atomic mass is 10.2. The highest BCUT2D eigenvalue weighted by Crippen LogP contribution is 2.31. The van der Waals surface area contributed by atoms with Gasteiger partial charge in [-0.25, -0.2) is 5.43 Å². The molecule has 154 valence electrons. The number of rotatable bonds is 9. The zero-order valence-electron chi connectivity index (χ0n) is 16.3. The number of methoxy groups -OCH3 is 2. The van der Waals surface area contributed by atoms with E-state index in [0.29, 0.717) is 39.6 Å². The van der Waals surface area contributed by atoms with Crippen molar-refractivity contribution in [2.75, 3.05) is 26.1 Å². The summed E-state index contributed by atoms with van der Waals surface area (Å²) in [7, 11) is 3.07. The van der Waals surface area contributed by atoms with Crippen molar-refractivity contribution in [3.63, 3.8) is 0 Å². The predicted octanol–water partition coefficient (Wildman–Crippen LogP) is 3.34. The molecule has 8 nitrogen and oxygen atoms in total. The molecular weight excluding hydrogens is 442 g/mol. The molecule has 0 aliphatic heterocycles. The van der Waals surface area contributed by atoms with Crippen LogP contribution < -0.4 is 25.0 Å². The van der Waals surface area contributed by atoms with Gasteiger partial charge in [0, 0.05) is 17.3 Å². The normalized spacial score (nSPS) is 10.5. The van der Waals surface area contributed by atoms with Crippen LogP contribution in [0.15, 0.2) is 46.0 Å². The van der Waals surface area contributed by atoms with Gasteiger partial charge in [0.05, 0.1) is 31.5 Å². The Hall–Kier alpha value is -3.07. The summed E-state index contributed by atoms with van der Waals surface area (Å²) in [5.74, 6) is 0.839. The molecule has 9 heteroatoms. The number of nitrogens with zero attached hydrogens (tertiary/aromatic N) is 1. The molecule has 0 aromatic heterocycles. The minimum absolute atomic E-state index is 0.367. The zero-order valence-corrected chi connectivity index (χ0v) is 17.9. The highest BCUT2D eigenvalue weighted by atomic mass is 79.9. The zero-order chi connectivity index (χ0) is 21.2. The van der Waals surface area contributed by atoms with E-state index >= 15 is 0 Å². The molecule has 0 atom stereocenters. The fraction of sp³-hybridized carbons (Fsp3) is 0.250. The quantitative estimate of drug-likeness (QED) is 0.337. The number of carbonyl (C=O) groups excluding carboxylic acids is 2. The molecule has 0 bridgehead atoms. The number of ether oxygens (including phenoxy) is 3. The molecule has 0 fully saturated rings. The molecule has 2 N–H and O–H groups in total. The summed E-state index contributed by atoms with van der Waals surface area (Å²) in [4.78, 5) is 23.9. The van der Waals surface area contributed by atoms with Crippen molar-refractivity contribution in [3.8, 4) is 17.2 Å². The van der Waals surface area contributed by atoms with Gasteiger partial charge >= 0.3 is 0 Å². The van der Waals surface area contributed by atoms with Crippen LogP contribution in [0.1, 0.15) is 18.9 Å². The Morgan fingerprint density at radius 2 is 1.76 bits per heavy atom. The van der Waals surface area contributed by atoms with E-state index in [1.54, 1.807) is 43.5 Å². The number of halogens is 1. The van der Waals surface area contributed by atoms with E-state index in [0.717, 1.165) is 0 Å². The maximum Gasteiger partial charge on any atom is 0.249 e. The summed E-state index contributed by atoms with van der Waals surface area (Å²) < 4.78 is 16.5. The minimum Gasteiger partial charge on any atom is -0.496 e. The molecule has 0 spiro atoms. The van der Waals surface area contributed by atoms with Crippen LogP contribution in [-0.4, -0.2) is 38.9 Å². The number of amides is 2. The summed E-state index contributed by atoms with van der Waals surface area (Å²) >= 11 is 3.38. The van der Waals surface area contributed by atoms with Gasteiger partial charge in [-0.3, -0.25) is 9.59 Å². The van der Waals surface area contributed by atoms with Crippen LogP contribution in [0, 0.1) is 0 Å². The lowest BCUT2D eigenvalue weighted by Gasteiger charge is -2.09. The molecule has 2 aromatic carbocycles. The Bertz CT molecular complexity index is 884. The molecule has 0 saturated carbocycles. The maximum atomic E-state index is 12.0. The Labute approximate surface area is 177 Å². The lowest BCUT2D eigenvalue weighted by Crippen LogP contribution is -2.24. The molecule has 2 rings (SSSR count). The van der Waals surface area contributed by atoms with Gasteiger partial charge in [-0.1, -0.05) is 0 Å². The topological polar surface area (TPSA) is 98.2 Å². The van der Waals surface area contributed by atoms with Gasteiger partial charge in [-0.05, 0) is 53.2 Å². The third kappa shape index (κ3) is 6.79. The monoisotopic (exact) mass is 463 g/mol. The van der Waals surface area contributed by atoms with Crippen molar-refractivity contribution in [3.05, 3.63) is 46.4 Å². The van der Waals surface area contributed by atoms with Crippen molar-refractivity contribution in [2.45, 2.75) is 13.3 Å². The number of nitrogens with one attached hydrogen (secondary N) is 2. The van der Waals surface area contributed by atoms with Gasteiger partial charge < -0.3 is 19.5 Å². The second-order valence-corrected chi connectivity index (χ2v) is 6.56. The predicted molar refractivity (Wildman–Crippen MR) is 114 cm³/mol. The second kappa shape index (κ2) is 11.1. The van der Waals surface area contributed by atoms with E-state index in [1.807, 2.05) is 6.92 Å². The summed E-state index contributed by atoms with van der Waals surface area (Å²) in [5.41, 5.74) is 3.52. The fourth-order valence-corrected chi connectivity index (χ4v) is 2.87. The Kier molecular flexibility index (Phi) is 8.47. The molecule has 29 heavy (non-hydrogen) atoms. The van der Waals surface area contributed by atoms with Crippen LogP contribution in [0.25, 0.3) is 0 Å². The third-order valence-electron chi connectivity index (χ3n) is 3.67. The Morgan fingerprint density at radius 3 is 2.38 bits per heavy atom. The first-order valence-corrected chi connectivity index (χ1v) is 9.52. The molecule has 0 saturated heterocycles. The fourth-order valence-electron chi connectivity index (χ4n) is 2.35. The Balaban J connectivity index is 1.89. The lowest BCUT2D eigenvalue weighted by molar-refractivity contribution is -0.126. The minimum atomic E-state index is -0.545. The largest absolute Gasteiger partial charge is 0.496 e. The van der Waals surface area contributed by atoms with Crippen LogP contribution in [0.3, 0.4) is 0 Å².